The highest BCUT2D eigenvalue weighted by molar-refractivity contribution is 9.11. The molecule has 1 aliphatic heterocycles. The Balaban J connectivity index is 1.81. The quantitative estimate of drug-likeness (QED) is 0.363. The number of imide groups is 1. The number of nitrogens with zero attached hydrogens (tertiary/aromatic N) is 1. The van der Waals surface area contributed by atoms with Gasteiger partial charge in [-0.25, -0.2) is 4.90 Å². The molecule has 2 amide bonds. The van der Waals surface area contributed by atoms with Crippen LogP contribution in [-0.2, 0) is 0 Å². The lowest BCUT2D eigenvalue weighted by atomic mass is 10.0. The monoisotopic (exact) mass is 501 g/mol. The third-order valence-corrected chi connectivity index (χ3v) is 6.47. The van der Waals surface area contributed by atoms with Crippen molar-refractivity contribution in [3.05, 3.63) is 68.5 Å². The van der Waals surface area contributed by atoms with Gasteiger partial charge >= 0.3 is 0 Å². The van der Waals surface area contributed by atoms with E-state index in [9.17, 15) is 14.4 Å². The molecule has 4 rings (SSSR count). The van der Waals surface area contributed by atoms with Crippen LogP contribution in [0.4, 0.5) is 5.00 Å². The van der Waals surface area contributed by atoms with Crippen molar-refractivity contribution in [3.63, 3.8) is 0 Å². The number of ether oxygens (including phenoxy) is 3. The van der Waals surface area contributed by atoms with Crippen molar-refractivity contribution in [2.45, 2.75) is 0 Å². The second kappa shape index (κ2) is 8.16. The smallest absolute Gasteiger partial charge is 0.266 e. The third-order valence-electron chi connectivity index (χ3n) is 4.85. The first-order chi connectivity index (χ1) is 14.9. The van der Waals surface area contributed by atoms with Crippen molar-refractivity contribution in [2.24, 2.45) is 0 Å². The summed E-state index contributed by atoms with van der Waals surface area (Å²) < 4.78 is 16.6. The van der Waals surface area contributed by atoms with E-state index in [0.717, 1.165) is 16.2 Å². The number of hydrogen-bond acceptors (Lipinski definition) is 7. The number of ketones is 1. The molecule has 2 heterocycles. The minimum Gasteiger partial charge on any atom is -0.493 e. The molecule has 0 spiro atoms. The zero-order chi connectivity index (χ0) is 22.3. The van der Waals surface area contributed by atoms with E-state index in [1.165, 1.54) is 33.5 Å². The summed E-state index contributed by atoms with van der Waals surface area (Å²) in [6.07, 6.45) is 0. The van der Waals surface area contributed by atoms with Gasteiger partial charge in [-0.3, -0.25) is 14.4 Å². The summed E-state index contributed by atoms with van der Waals surface area (Å²) in [5.41, 5.74) is 1.09. The molecule has 9 heteroatoms. The number of anilines is 1. The molecular formula is C22H16BrNO6S. The summed E-state index contributed by atoms with van der Waals surface area (Å²) in [4.78, 5) is 40.4. The highest BCUT2D eigenvalue weighted by Gasteiger charge is 2.39. The number of carbonyl (C=O) groups is 3. The average molecular weight is 502 g/mol. The summed E-state index contributed by atoms with van der Waals surface area (Å²) in [6, 6.07) is 11.2. The van der Waals surface area contributed by atoms with E-state index in [-0.39, 0.29) is 16.1 Å². The van der Waals surface area contributed by atoms with Gasteiger partial charge in [-0.15, -0.1) is 11.3 Å². The van der Waals surface area contributed by atoms with Crippen molar-refractivity contribution >= 4 is 49.9 Å². The molecule has 31 heavy (non-hydrogen) atoms. The van der Waals surface area contributed by atoms with E-state index >= 15 is 0 Å². The summed E-state index contributed by atoms with van der Waals surface area (Å²) >= 11 is 4.51. The topological polar surface area (TPSA) is 82.1 Å². The van der Waals surface area contributed by atoms with E-state index in [4.69, 9.17) is 14.2 Å². The summed E-state index contributed by atoms with van der Waals surface area (Å²) in [7, 11) is 4.38. The number of hydrogen-bond donors (Lipinski definition) is 0. The molecule has 158 valence electrons. The summed E-state index contributed by atoms with van der Waals surface area (Å²) in [6.45, 7) is 0. The van der Waals surface area contributed by atoms with Crippen LogP contribution < -0.4 is 19.1 Å². The van der Waals surface area contributed by atoms with Crippen LogP contribution in [0.3, 0.4) is 0 Å². The highest BCUT2D eigenvalue weighted by atomic mass is 79.9. The van der Waals surface area contributed by atoms with Gasteiger partial charge in [0.15, 0.2) is 17.3 Å². The molecule has 0 bridgehead atoms. The SMILES string of the molecule is COc1cc(C(=O)c2cc(Br)sc2N2C(=O)c3ccccc3C2=O)cc(OC)c1OC. The third kappa shape index (κ3) is 3.39. The van der Waals surface area contributed by atoms with E-state index in [1.54, 1.807) is 30.3 Å². The Bertz CT molecular complexity index is 1170. The normalized spacial score (nSPS) is 12.7. The van der Waals surface area contributed by atoms with Crippen LogP contribution in [-0.4, -0.2) is 38.9 Å². The van der Waals surface area contributed by atoms with Crippen molar-refractivity contribution in [1.82, 2.24) is 0 Å². The first kappa shape index (κ1) is 21.1. The Morgan fingerprint density at radius 1 is 0.903 bits per heavy atom. The lowest BCUT2D eigenvalue weighted by Gasteiger charge is -2.15. The Morgan fingerprint density at radius 2 is 1.45 bits per heavy atom. The van der Waals surface area contributed by atoms with Gasteiger partial charge in [-0.1, -0.05) is 12.1 Å². The number of fused-ring (bicyclic) bond motifs is 1. The summed E-state index contributed by atoms with van der Waals surface area (Å²) in [5.74, 6) is -0.326. The fourth-order valence-electron chi connectivity index (χ4n) is 3.42. The van der Waals surface area contributed by atoms with Gasteiger partial charge in [0.05, 0.1) is 41.8 Å². The van der Waals surface area contributed by atoms with Crippen LogP contribution in [0.2, 0.25) is 0 Å². The summed E-state index contributed by atoms with van der Waals surface area (Å²) in [5, 5.41) is 0.247. The van der Waals surface area contributed by atoms with Gasteiger partial charge < -0.3 is 14.2 Å². The molecule has 2 aromatic carbocycles. The predicted octanol–water partition coefficient (Wildman–Crippen LogP) is 4.57. The van der Waals surface area contributed by atoms with Gasteiger partial charge in [0, 0.05) is 5.56 Å². The lowest BCUT2D eigenvalue weighted by Crippen LogP contribution is -2.29. The van der Waals surface area contributed by atoms with E-state index in [1.807, 2.05) is 0 Å². The molecule has 0 unspecified atom stereocenters. The highest BCUT2D eigenvalue weighted by Crippen LogP contribution is 2.42. The number of benzene rings is 2. The Kier molecular flexibility index (Phi) is 5.55. The lowest BCUT2D eigenvalue weighted by molar-refractivity contribution is 0.0927. The van der Waals surface area contributed by atoms with E-state index in [0.29, 0.717) is 32.2 Å². The molecule has 0 atom stereocenters. The molecular weight excluding hydrogens is 486 g/mol. The van der Waals surface area contributed by atoms with E-state index < -0.39 is 17.6 Å². The maximum atomic E-state index is 13.4. The van der Waals surface area contributed by atoms with Crippen molar-refractivity contribution in [2.75, 3.05) is 26.2 Å². The first-order valence-electron chi connectivity index (χ1n) is 9.03. The zero-order valence-corrected chi connectivity index (χ0v) is 19.1. The maximum Gasteiger partial charge on any atom is 0.266 e. The Morgan fingerprint density at radius 3 is 1.94 bits per heavy atom. The number of methoxy groups -OCH3 is 3. The van der Waals surface area contributed by atoms with Crippen molar-refractivity contribution in [1.29, 1.82) is 0 Å². The second-order valence-electron chi connectivity index (χ2n) is 6.50. The molecule has 7 nitrogen and oxygen atoms in total. The number of rotatable bonds is 6. The number of halogens is 1. The van der Waals surface area contributed by atoms with E-state index in [2.05, 4.69) is 15.9 Å². The largest absolute Gasteiger partial charge is 0.493 e. The van der Waals surface area contributed by atoms with Crippen LogP contribution in [0.1, 0.15) is 36.6 Å². The fraction of sp³-hybridized carbons (Fsp3) is 0.136. The van der Waals surface area contributed by atoms with Crippen LogP contribution in [0, 0.1) is 0 Å². The van der Waals surface area contributed by atoms with Gasteiger partial charge in [0.25, 0.3) is 11.8 Å². The first-order valence-corrected chi connectivity index (χ1v) is 10.6. The average Bonchev–Trinajstić information content (AvgIpc) is 3.29. The van der Waals surface area contributed by atoms with Crippen LogP contribution in [0.5, 0.6) is 17.2 Å². The molecule has 0 aliphatic carbocycles. The van der Waals surface area contributed by atoms with Crippen molar-refractivity contribution in [3.8, 4) is 17.2 Å². The van der Waals surface area contributed by atoms with Crippen LogP contribution in [0.25, 0.3) is 0 Å². The van der Waals surface area contributed by atoms with Gasteiger partial charge in [0.1, 0.15) is 5.00 Å². The number of thiophene rings is 1. The number of amides is 2. The molecule has 0 saturated carbocycles. The predicted molar refractivity (Wildman–Crippen MR) is 119 cm³/mol. The molecule has 0 radical (unpaired) electrons. The minimum atomic E-state index is -0.464. The van der Waals surface area contributed by atoms with Gasteiger partial charge in [-0.05, 0) is 46.3 Å². The Labute approximate surface area is 190 Å². The molecule has 0 saturated heterocycles. The number of carbonyl (C=O) groups excluding carboxylic acids is 3. The van der Waals surface area contributed by atoms with Crippen LogP contribution in [0.15, 0.2) is 46.3 Å². The van der Waals surface area contributed by atoms with Gasteiger partial charge in [-0.2, -0.15) is 0 Å². The fourth-order valence-corrected chi connectivity index (χ4v) is 4.99. The van der Waals surface area contributed by atoms with Gasteiger partial charge in [0.2, 0.25) is 5.75 Å². The molecule has 3 aromatic rings. The van der Waals surface area contributed by atoms with Crippen LogP contribution >= 0.6 is 27.3 Å². The maximum absolute atomic E-state index is 13.4. The Hall–Kier alpha value is -3.17. The molecule has 0 fully saturated rings. The zero-order valence-electron chi connectivity index (χ0n) is 16.7. The molecule has 1 aliphatic rings. The molecule has 0 N–H and O–H groups in total. The minimum absolute atomic E-state index is 0.209. The van der Waals surface area contributed by atoms with Crippen molar-refractivity contribution < 1.29 is 28.6 Å². The molecule has 1 aromatic heterocycles. The standard InChI is InChI=1S/C22H16BrNO6S/c1-28-15-8-11(9-16(29-2)19(15)30-3)18(25)14-10-17(23)31-22(14)24-20(26)12-6-4-5-7-13(12)21(24)27/h4-10H,1-3H3. The second-order valence-corrected chi connectivity index (χ2v) is 8.91.